The van der Waals surface area contributed by atoms with Crippen LogP contribution in [0.2, 0.25) is 0 Å². The van der Waals surface area contributed by atoms with Crippen molar-refractivity contribution in [1.29, 1.82) is 0 Å². The van der Waals surface area contributed by atoms with Gasteiger partial charge in [0.25, 0.3) is 0 Å². The Balaban J connectivity index is 1.54. The predicted molar refractivity (Wildman–Crippen MR) is 120 cm³/mol. The normalized spacial score (nSPS) is 26.0. The summed E-state index contributed by atoms with van der Waals surface area (Å²) < 4.78 is 6.10. The van der Waals surface area contributed by atoms with E-state index in [-0.39, 0.29) is 12.1 Å². The van der Waals surface area contributed by atoms with E-state index < -0.39 is 0 Å². The van der Waals surface area contributed by atoms with E-state index in [1.165, 1.54) is 24.1 Å². The lowest BCUT2D eigenvalue weighted by molar-refractivity contribution is 0.316. The van der Waals surface area contributed by atoms with E-state index >= 15 is 0 Å². The van der Waals surface area contributed by atoms with Crippen LogP contribution in [0.5, 0.6) is 5.75 Å². The Morgan fingerprint density at radius 3 is 2.79 bits per heavy atom. The van der Waals surface area contributed by atoms with Crippen LogP contribution in [-0.2, 0) is 0 Å². The lowest BCUT2D eigenvalue weighted by atomic mass is 9.95. The number of rotatable bonds is 5. The number of nitrogens with zero attached hydrogens (tertiary/aromatic N) is 4. The molecule has 0 N–H and O–H groups in total. The van der Waals surface area contributed by atoms with Crippen LogP contribution in [0, 0.1) is 0 Å². The zero-order valence-corrected chi connectivity index (χ0v) is 17.9. The van der Waals surface area contributed by atoms with Crippen LogP contribution in [0.25, 0.3) is 0 Å². The summed E-state index contributed by atoms with van der Waals surface area (Å²) in [5.74, 6) is 1.00. The van der Waals surface area contributed by atoms with Gasteiger partial charge in [-0.25, -0.2) is 0 Å². The van der Waals surface area contributed by atoms with Gasteiger partial charge >= 0.3 is 0 Å². The van der Waals surface area contributed by atoms with Crippen molar-refractivity contribution < 1.29 is 4.74 Å². The quantitative estimate of drug-likeness (QED) is 0.719. The number of hydrogen-bond acceptors (Lipinski definition) is 6. The predicted octanol–water partition coefficient (Wildman–Crippen LogP) is 4.67. The van der Waals surface area contributed by atoms with Gasteiger partial charge in [-0.15, -0.1) is 0 Å². The third-order valence-corrected chi connectivity index (χ3v) is 7.06. The van der Waals surface area contributed by atoms with E-state index in [0.717, 1.165) is 36.2 Å². The van der Waals surface area contributed by atoms with Gasteiger partial charge in [0.05, 0.1) is 24.0 Å². The minimum absolute atomic E-state index is 0.0262. The number of aliphatic imine (C=N–C) groups is 1. The highest BCUT2D eigenvalue weighted by atomic mass is 32.2. The fourth-order valence-electron chi connectivity index (χ4n) is 4.68. The molecule has 0 unspecified atom stereocenters. The van der Waals surface area contributed by atoms with Crippen LogP contribution in [0.4, 0.5) is 5.69 Å². The van der Waals surface area contributed by atoms with Crippen molar-refractivity contribution in [2.75, 3.05) is 31.1 Å². The standard InChI is InChI=1S/C23H28N4OS/c1-3-28-20-14-17(9-10-19(20)26-12-6-7-13-26)22-21(18-8-4-5-11-24-18)25-23-27(22)15-16(2)29-23/h4-5,8-11,14,16,21-22H,3,6-7,12-13,15H2,1-2H3/t16-,21-,22-/m1/s1. The second-order valence-corrected chi connectivity index (χ2v) is 9.40. The van der Waals surface area contributed by atoms with Crippen LogP contribution in [0.1, 0.15) is 50.0 Å². The first-order valence-corrected chi connectivity index (χ1v) is 11.6. The lowest BCUT2D eigenvalue weighted by Crippen LogP contribution is -2.28. The van der Waals surface area contributed by atoms with Crippen molar-refractivity contribution in [3.8, 4) is 5.75 Å². The molecule has 4 heterocycles. The zero-order chi connectivity index (χ0) is 19.8. The maximum absolute atomic E-state index is 6.10. The van der Waals surface area contributed by atoms with E-state index in [4.69, 9.17) is 9.73 Å². The number of pyridine rings is 1. The van der Waals surface area contributed by atoms with Crippen LogP contribution in [-0.4, -0.2) is 46.5 Å². The summed E-state index contributed by atoms with van der Waals surface area (Å²) in [5.41, 5.74) is 3.53. The molecule has 0 saturated carbocycles. The second kappa shape index (κ2) is 7.90. The van der Waals surface area contributed by atoms with Crippen molar-refractivity contribution in [3.05, 3.63) is 53.9 Å². The molecule has 152 valence electrons. The van der Waals surface area contributed by atoms with Gasteiger partial charge in [0.15, 0.2) is 5.17 Å². The molecule has 0 bridgehead atoms. The Kier molecular flexibility index (Phi) is 5.12. The van der Waals surface area contributed by atoms with Crippen LogP contribution >= 0.6 is 11.8 Å². The van der Waals surface area contributed by atoms with Crippen molar-refractivity contribution in [1.82, 2.24) is 9.88 Å². The van der Waals surface area contributed by atoms with Gasteiger partial charge in [0.1, 0.15) is 11.8 Å². The van der Waals surface area contributed by atoms with Gasteiger partial charge < -0.3 is 14.5 Å². The first-order valence-electron chi connectivity index (χ1n) is 10.7. The van der Waals surface area contributed by atoms with E-state index in [0.29, 0.717) is 11.9 Å². The maximum atomic E-state index is 6.10. The zero-order valence-electron chi connectivity index (χ0n) is 17.1. The molecule has 6 heteroatoms. The molecule has 2 saturated heterocycles. The number of fused-ring (bicyclic) bond motifs is 1. The molecule has 2 fully saturated rings. The summed E-state index contributed by atoms with van der Waals surface area (Å²) in [6.45, 7) is 8.28. The smallest absolute Gasteiger partial charge is 0.160 e. The molecule has 3 aliphatic rings. The molecule has 29 heavy (non-hydrogen) atoms. The molecular weight excluding hydrogens is 380 g/mol. The summed E-state index contributed by atoms with van der Waals surface area (Å²) in [5, 5.41) is 1.72. The molecular formula is C23H28N4OS. The van der Waals surface area contributed by atoms with Crippen LogP contribution < -0.4 is 9.64 Å². The maximum Gasteiger partial charge on any atom is 0.160 e. The molecule has 1 aromatic heterocycles. The van der Waals surface area contributed by atoms with E-state index in [1.54, 1.807) is 0 Å². The number of ether oxygens (including phenoxy) is 1. The van der Waals surface area contributed by atoms with Gasteiger partial charge in [-0.1, -0.05) is 30.8 Å². The number of anilines is 1. The SMILES string of the molecule is CCOc1cc([C@@H]2[C@@H](c3ccccn3)N=C3S[C@H](C)CN32)ccc1N1CCCC1. The Labute approximate surface area is 177 Å². The molecule has 0 spiro atoms. The highest BCUT2D eigenvalue weighted by Gasteiger charge is 2.43. The average molecular weight is 409 g/mol. The van der Waals surface area contributed by atoms with Crippen molar-refractivity contribution in [3.63, 3.8) is 0 Å². The molecule has 3 aliphatic heterocycles. The second-order valence-electron chi connectivity index (χ2n) is 7.99. The van der Waals surface area contributed by atoms with Gasteiger partial charge in [-0.2, -0.15) is 0 Å². The Bertz CT molecular complexity index is 897. The largest absolute Gasteiger partial charge is 0.492 e. The molecule has 3 atom stereocenters. The Morgan fingerprint density at radius 2 is 2.03 bits per heavy atom. The number of thioether (sulfide) groups is 1. The van der Waals surface area contributed by atoms with Crippen molar-refractivity contribution in [2.45, 2.75) is 44.0 Å². The van der Waals surface area contributed by atoms with Crippen LogP contribution in [0.3, 0.4) is 0 Å². The first kappa shape index (κ1) is 18.8. The Morgan fingerprint density at radius 1 is 1.17 bits per heavy atom. The number of benzene rings is 1. The van der Waals surface area contributed by atoms with Gasteiger partial charge in [-0.3, -0.25) is 9.98 Å². The molecule has 5 nitrogen and oxygen atoms in total. The fourth-order valence-corrected chi connectivity index (χ4v) is 5.78. The van der Waals surface area contributed by atoms with E-state index in [9.17, 15) is 0 Å². The summed E-state index contributed by atoms with van der Waals surface area (Å²) >= 11 is 1.88. The third kappa shape index (κ3) is 3.48. The number of amidine groups is 1. The Hall–Kier alpha value is -2.21. The topological polar surface area (TPSA) is 41.0 Å². The van der Waals surface area contributed by atoms with E-state index in [2.05, 4.69) is 59.0 Å². The van der Waals surface area contributed by atoms with Gasteiger partial charge in [0, 0.05) is 31.1 Å². The fraction of sp³-hybridized carbons (Fsp3) is 0.478. The highest BCUT2D eigenvalue weighted by molar-refractivity contribution is 8.14. The molecule has 0 radical (unpaired) electrons. The lowest BCUT2D eigenvalue weighted by Gasteiger charge is -2.29. The molecule has 5 rings (SSSR count). The van der Waals surface area contributed by atoms with Gasteiger partial charge in [-0.05, 0) is 49.6 Å². The summed E-state index contributed by atoms with van der Waals surface area (Å²) in [4.78, 5) is 14.7. The average Bonchev–Trinajstić information content (AvgIpc) is 3.45. The number of hydrogen-bond donors (Lipinski definition) is 0. The molecule has 0 aliphatic carbocycles. The van der Waals surface area contributed by atoms with E-state index in [1.807, 2.05) is 24.0 Å². The van der Waals surface area contributed by atoms with Crippen molar-refractivity contribution in [2.24, 2.45) is 4.99 Å². The summed E-state index contributed by atoms with van der Waals surface area (Å²) in [6, 6.07) is 13.1. The monoisotopic (exact) mass is 408 g/mol. The summed E-state index contributed by atoms with van der Waals surface area (Å²) in [6.07, 6.45) is 4.39. The minimum atomic E-state index is 0.0262. The highest BCUT2D eigenvalue weighted by Crippen LogP contribution is 2.48. The minimum Gasteiger partial charge on any atom is -0.492 e. The summed E-state index contributed by atoms with van der Waals surface area (Å²) in [7, 11) is 0. The molecule has 2 aromatic rings. The van der Waals surface area contributed by atoms with Gasteiger partial charge in [0.2, 0.25) is 0 Å². The van der Waals surface area contributed by atoms with Crippen LogP contribution in [0.15, 0.2) is 47.6 Å². The molecule has 1 aromatic carbocycles. The van der Waals surface area contributed by atoms with Crippen molar-refractivity contribution >= 4 is 22.6 Å². The number of aromatic nitrogens is 1. The molecule has 0 amide bonds. The third-order valence-electron chi connectivity index (χ3n) is 5.95. The first-order chi connectivity index (χ1) is 14.2.